The molecule has 0 amide bonds. The Morgan fingerprint density at radius 1 is 1.41 bits per heavy atom. The number of ether oxygens (including phenoxy) is 1. The van der Waals surface area contributed by atoms with Crippen molar-refractivity contribution < 1.29 is 14.8 Å². The van der Waals surface area contributed by atoms with Crippen LogP contribution in [0.2, 0.25) is 0 Å². The van der Waals surface area contributed by atoms with Gasteiger partial charge in [0.2, 0.25) is 0 Å². The summed E-state index contributed by atoms with van der Waals surface area (Å²) in [5, 5.41) is 22.3. The van der Waals surface area contributed by atoms with Gasteiger partial charge in [0.25, 0.3) is 0 Å². The number of methoxy groups -OCH3 is 1. The van der Waals surface area contributed by atoms with Gasteiger partial charge in [-0.1, -0.05) is 23.5 Å². The summed E-state index contributed by atoms with van der Waals surface area (Å²) in [7, 11) is 3.49. The van der Waals surface area contributed by atoms with Crippen molar-refractivity contribution in [1.82, 2.24) is 4.90 Å². The number of nitro groups is 1. The standard InChI is InChI=1S/C15H18N2O4S/c1-16(8-11-7-15(17(19)20)22-10-11)14(9-18)12-3-5-13(21-2)6-4-12/h3-7,10,14,18H,8-9H2,1-2H3/t14-/m1/s1. The third kappa shape index (κ3) is 3.82. The number of nitrogens with zero attached hydrogens (tertiary/aromatic N) is 2. The lowest BCUT2D eigenvalue weighted by molar-refractivity contribution is -0.380. The van der Waals surface area contributed by atoms with E-state index in [9.17, 15) is 15.2 Å². The fourth-order valence-corrected chi connectivity index (χ4v) is 2.99. The minimum absolute atomic E-state index is 0.0327. The van der Waals surface area contributed by atoms with Crippen LogP contribution in [0.3, 0.4) is 0 Å². The second kappa shape index (κ2) is 7.35. The maximum Gasteiger partial charge on any atom is 0.324 e. The van der Waals surface area contributed by atoms with Gasteiger partial charge in [0, 0.05) is 18.0 Å². The summed E-state index contributed by atoms with van der Waals surface area (Å²) in [5.74, 6) is 0.761. The van der Waals surface area contributed by atoms with Crippen LogP contribution in [-0.4, -0.2) is 35.7 Å². The minimum Gasteiger partial charge on any atom is -0.497 e. The molecule has 7 heteroatoms. The number of likely N-dealkylation sites (N-methyl/N-ethyl adjacent to an activating group) is 1. The number of rotatable bonds is 7. The van der Waals surface area contributed by atoms with Gasteiger partial charge < -0.3 is 9.84 Å². The number of hydrogen-bond donors (Lipinski definition) is 1. The Morgan fingerprint density at radius 2 is 2.09 bits per heavy atom. The van der Waals surface area contributed by atoms with Gasteiger partial charge in [0.15, 0.2) is 0 Å². The van der Waals surface area contributed by atoms with Gasteiger partial charge in [0.1, 0.15) is 5.75 Å². The Hall–Kier alpha value is -1.96. The Morgan fingerprint density at radius 3 is 2.59 bits per heavy atom. The van der Waals surface area contributed by atoms with Gasteiger partial charge in [-0.05, 0) is 30.3 Å². The predicted molar refractivity (Wildman–Crippen MR) is 85.3 cm³/mol. The number of aliphatic hydroxyl groups excluding tert-OH is 1. The van der Waals surface area contributed by atoms with Crippen LogP contribution in [0, 0.1) is 10.1 Å². The van der Waals surface area contributed by atoms with Crippen molar-refractivity contribution in [1.29, 1.82) is 0 Å². The summed E-state index contributed by atoms with van der Waals surface area (Å²) < 4.78 is 5.13. The molecule has 1 atom stereocenters. The van der Waals surface area contributed by atoms with Crippen LogP contribution in [0.1, 0.15) is 17.2 Å². The third-order valence-electron chi connectivity index (χ3n) is 3.46. The highest BCUT2D eigenvalue weighted by Crippen LogP contribution is 2.27. The van der Waals surface area contributed by atoms with E-state index in [1.807, 2.05) is 36.2 Å². The highest BCUT2D eigenvalue weighted by molar-refractivity contribution is 7.13. The fraction of sp³-hybridized carbons (Fsp3) is 0.333. The van der Waals surface area contributed by atoms with Gasteiger partial charge >= 0.3 is 5.00 Å². The maximum absolute atomic E-state index is 10.7. The van der Waals surface area contributed by atoms with E-state index in [2.05, 4.69) is 0 Å². The molecule has 1 aromatic carbocycles. The second-order valence-electron chi connectivity index (χ2n) is 4.94. The van der Waals surface area contributed by atoms with E-state index in [4.69, 9.17) is 4.74 Å². The zero-order chi connectivity index (χ0) is 16.1. The predicted octanol–water partition coefficient (Wildman–Crippen LogP) is 2.83. The van der Waals surface area contributed by atoms with Crippen molar-refractivity contribution in [3.05, 3.63) is 57.0 Å². The van der Waals surface area contributed by atoms with E-state index in [1.165, 1.54) is 0 Å². The molecule has 0 fully saturated rings. The van der Waals surface area contributed by atoms with Gasteiger partial charge in [-0.15, -0.1) is 0 Å². The monoisotopic (exact) mass is 322 g/mol. The molecule has 1 N–H and O–H groups in total. The normalized spacial score (nSPS) is 12.4. The lowest BCUT2D eigenvalue weighted by Gasteiger charge is -2.26. The second-order valence-corrected chi connectivity index (χ2v) is 5.83. The molecule has 0 saturated heterocycles. The fourth-order valence-electron chi connectivity index (χ4n) is 2.26. The molecule has 2 rings (SSSR count). The summed E-state index contributed by atoms with van der Waals surface area (Å²) in [6, 6.07) is 8.91. The average molecular weight is 322 g/mol. The van der Waals surface area contributed by atoms with Crippen LogP contribution >= 0.6 is 11.3 Å². The maximum atomic E-state index is 10.7. The third-order valence-corrected chi connectivity index (χ3v) is 4.39. The molecule has 1 aromatic heterocycles. The van der Waals surface area contributed by atoms with E-state index in [0.717, 1.165) is 28.2 Å². The molecule has 6 nitrogen and oxygen atoms in total. The first-order valence-electron chi connectivity index (χ1n) is 6.72. The molecule has 0 bridgehead atoms. The zero-order valence-corrected chi connectivity index (χ0v) is 13.2. The molecule has 118 valence electrons. The van der Waals surface area contributed by atoms with Crippen LogP contribution in [0.4, 0.5) is 5.00 Å². The molecule has 2 aromatic rings. The van der Waals surface area contributed by atoms with Crippen LogP contribution in [0.5, 0.6) is 5.75 Å². The molecule has 0 aliphatic carbocycles. The first-order valence-corrected chi connectivity index (χ1v) is 7.60. The highest BCUT2D eigenvalue weighted by atomic mass is 32.1. The zero-order valence-electron chi connectivity index (χ0n) is 12.4. The molecule has 0 aliphatic heterocycles. The van der Waals surface area contributed by atoms with Crippen molar-refractivity contribution in [3.63, 3.8) is 0 Å². The smallest absolute Gasteiger partial charge is 0.324 e. The van der Waals surface area contributed by atoms with Crippen molar-refractivity contribution in [2.24, 2.45) is 0 Å². The van der Waals surface area contributed by atoms with Gasteiger partial charge in [-0.25, -0.2) is 0 Å². The SMILES string of the molecule is COc1ccc([C@@H](CO)N(C)Cc2csc([N+](=O)[O-])c2)cc1. The van der Waals surface area contributed by atoms with E-state index in [-0.39, 0.29) is 22.6 Å². The molecule has 0 radical (unpaired) electrons. The number of hydrogen-bond acceptors (Lipinski definition) is 6. The first-order chi connectivity index (χ1) is 10.5. The first kappa shape index (κ1) is 16.4. The molecule has 0 aliphatic rings. The Bertz CT molecular complexity index is 627. The van der Waals surface area contributed by atoms with E-state index >= 15 is 0 Å². The largest absolute Gasteiger partial charge is 0.497 e. The molecular formula is C15H18N2O4S. The van der Waals surface area contributed by atoms with E-state index < -0.39 is 0 Å². The van der Waals surface area contributed by atoms with E-state index in [1.54, 1.807) is 18.6 Å². The lowest BCUT2D eigenvalue weighted by atomic mass is 10.1. The quantitative estimate of drug-likeness (QED) is 0.626. The van der Waals surface area contributed by atoms with Gasteiger partial charge in [-0.2, -0.15) is 0 Å². The summed E-state index contributed by atoms with van der Waals surface area (Å²) in [4.78, 5) is 12.3. The van der Waals surface area contributed by atoms with Crippen LogP contribution in [0.25, 0.3) is 0 Å². The highest BCUT2D eigenvalue weighted by Gasteiger charge is 2.18. The van der Waals surface area contributed by atoms with Crippen molar-refractivity contribution >= 4 is 16.3 Å². The lowest BCUT2D eigenvalue weighted by Crippen LogP contribution is -2.26. The Kier molecular flexibility index (Phi) is 5.48. The Balaban J connectivity index is 2.09. The van der Waals surface area contributed by atoms with Crippen LogP contribution in [-0.2, 0) is 6.54 Å². The topological polar surface area (TPSA) is 75.8 Å². The number of thiophene rings is 1. The van der Waals surface area contributed by atoms with Crippen LogP contribution < -0.4 is 4.74 Å². The summed E-state index contributed by atoms with van der Waals surface area (Å²) in [6.45, 7) is 0.497. The summed E-state index contributed by atoms with van der Waals surface area (Å²) >= 11 is 1.11. The molecule has 22 heavy (non-hydrogen) atoms. The summed E-state index contributed by atoms with van der Waals surface area (Å²) in [6.07, 6.45) is 0. The van der Waals surface area contributed by atoms with Crippen molar-refractivity contribution in [3.8, 4) is 5.75 Å². The Labute approximate surface area is 132 Å². The molecule has 0 spiro atoms. The molecular weight excluding hydrogens is 304 g/mol. The van der Waals surface area contributed by atoms with E-state index in [0.29, 0.717) is 6.54 Å². The molecule has 0 saturated carbocycles. The van der Waals surface area contributed by atoms with Crippen molar-refractivity contribution in [2.45, 2.75) is 12.6 Å². The molecule has 1 heterocycles. The van der Waals surface area contributed by atoms with Crippen LogP contribution in [0.15, 0.2) is 35.7 Å². The number of benzene rings is 1. The van der Waals surface area contributed by atoms with Gasteiger partial charge in [-0.3, -0.25) is 15.0 Å². The van der Waals surface area contributed by atoms with Gasteiger partial charge in [0.05, 0.1) is 24.7 Å². The minimum atomic E-state index is -0.388. The van der Waals surface area contributed by atoms with Crippen molar-refractivity contribution in [2.75, 3.05) is 20.8 Å². The number of aliphatic hydroxyl groups is 1. The molecule has 0 unspecified atom stereocenters. The average Bonchev–Trinajstić information content (AvgIpc) is 2.97. The summed E-state index contributed by atoms with van der Waals surface area (Å²) in [5.41, 5.74) is 1.83.